The molecule has 0 aromatic carbocycles. The molecule has 0 bridgehead atoms. The van der Waals surface area contributed by atoms with Crippen LogP contribution in [-0.4, -0.2) is 29.5 Å². The van der Waals surface area contributed by atoms with Crippen LogP contribution < -0.4 is 11.5 Å². The zero-order chi connectivity index (χ0) is 12.9. The maximum absolute atomic E-state index is 9.73. The van der Waals surface area contributed by atoms with Crippen molar-refractivity contribution >= 4 is 18.1 Å². The molecule has 0 saturated heterocycles. The average Bonchev–Trinajstić information content (AvgIpc) is 2.04. The van der Waals surface area contributed by atoms with Gasteiger partial charge in [0.2, 0.25) is 6.08 Å². The van der Waals surface area contributed by atoms with Gasteiger partial charge in [-0.3, -0.25) is 5.73 Å². The number of aliphatic carboxylic acids is 1. The number of amides is 1. The zero-order valence-corrected chi connectivity index (χ0v) is 8.10. The SMILES string of the molecule is C=CC(=O)O.CC(N)OC(N)=O.N=C=O. The molecule has 1 unspecified atom stereocenters. The molecule has 8 heteroatoms. The van der Waals surface area contributed by atoms with Gasteiger partial charge in [0.15, 0.2) is 0 Å². The Bertz CT molecular complexity index is 233. The van der Waals surface area contributed by atoms with E-state index in [0.29, 0.717) is 0 Å². The van der Waals surface area contributed by atoms with Crippen molar-refractivity contribution < 1.29 is 24.2 Å². The fraction of sp³-hybridized carbons (Fsp3) is 0.286. The number of carboxylic acid groups (broad SMARTS) is 1. The van der Waals surface area contributed by atoms with Crippen LogP contribution in [0.5, 0.6) is 0 Å². The Morgan fingerprint density at radius 3 is 1.93 bits per heavy atom. The summed E-state index contributed by atoms with van der Waals surface area (Å²) in [5.41, 5.74) is 9.52. The molecular formula is C7H13N3O5. The van der Waals surface area contributed by atoms with E-state index in [1.165, 1.54) is 6.92 Å². The van der Waals surface area contributed by atoms with Crippen molar-refractivity contribution in [1.29, 1.82) is 5.41 Å². The lowest BCUT2D eigenvalue weighted by Gasteiger charge is -2.01. The molecule has 0 rings (SSSR count). The standard InChI is InChI=1S/C3H8N2O2.C3H4O2.CHNO/c1-2(4)7-3(5)6;1-2-3(4)5;2-1-3/h2H,4H2,1H3,(H2,5,6);2H,1H2,(H,4,5);2H. The van der Waals surface area contributed by atoms with Gasteiger partial charge in [-0.05, 0) is 6.92 Å². The van der Waals surface area contributed by atoms with Gasteiger partial charge in [0, 0.05) is 6.08 Å². The first-order valence-electron chi connectivity index (χ1n) is 3.42. The van der Waals surface area contributed by atoms with Crippen molar-refractivity contribution in [2.75, 3.05) is 0 Å². The Morgan fingerprint density at radius 1 is 1.67 bits per heavy atom. The van der Waals surface area contributed by atoms with E-state index in [0.717, 1.165) is 12.2 Å². The highest BCUT2D eigenvalue weighted by Crippen LogP contribution is 1.75. The van der Waals surface area contributed by atoms with Gasteiger partial charge >= 0.3 is 12.1 Å². The lowest BCUT2D eigenvalue weighted by atomic mass is 10.7. The Labute approximate surface area is 86.0 Å². The van der Waals surface area contributed by atoms with E-state index in [2.05, 4.69) is 17.0 Å². The number of rotatable bonds is 2. The Hall–Kier alpha value is -2.18. The van der Waals surface area contributed by atoms with Crippen molar-refractivity contribution in [2.24, 2.45) is 11.5 Å². The summed E-state index contributed by atoms with van der Waals surface area (Å²) < 4.78 is 4.17. The van der Waals surface area contributed by atoms with E-state index in [1.54, 1.807) is 0 Å². The van der Waals surface area contributed by atoms with Crippen molar-refractivity contribution in [3.8, 4) is 0 Å². The predicted octanol–water partition coefficient (Wildman–Crippen LogP) is -0.456. The number of isocyanates is 1. The molecule has 6 N–H and O–H groups in total. The highest BCUT2D eigenvalue weighted by Gasteiger charge is 1.94. The average molecular weight is 219 g/mol. The van der Waals surface area contributed by atoms with E-state index in [4.69, 9.17) is 21.0 Å². The first kappa shape index (κ1) is 18.6. The molecule has 0 aromatic rings. The molecule has 0 aromatic heterocycles. The van der Waals surface area contributed by atoms with Crippen LogP contribution in [0, 0.1) is 5.41 Å². The minimum Gasteiger partial charge on any atom is -0.478 e. The molecule has 1 atom stereocenters. The van der Waals surface area contributed by atoms with E-state index >= 15 is 0 Å². The van der Waals surface area contributed by atoms with Crippen LogP contribution >= 0.6 is 0 Å². The van der Waals surface area contributed by atoms with Gasteiger partial charge < -0.3 is 15.6 Å². The molecule has 0 heterocycles. The van der Waals surface area contributed by atoms with Crippen LogP contribution in [0.3, 0.4) is 0 Å². The first-order chi connectivity index (χ1) is 6.81. The van der Waals surface area contributed by atoms with E-state index in [1.807, 2.05) is 0 Å². The summed E-state index contributed by atoms with van der Waals surface area (Å²) in [5.74, 6) is -0.981. The third-order valence-electron chi connectivity index (χ3n) is 0.477. The Kier molecular flexibility index (Phi) is 17.8. The third kappa shape index (κ3) is 78.1. The van der Waals surface area contributed by atoms with Crippen molar-refractivity contribution in [2.45, 2.75) is 13.2 Å². The summed E-state index contributed by atoms with van der Waals surface area (Å²) in [6.07, 6.45) is 0.146. The number of carboxylic acids is 1. The van der Waals surface area contributed by atoms with Crippen molar-refractivity contribution in [3.63, 3.8) is 0 Å². The number of primary amides is 1. The quantitative estimate of drug-likeness (QED) is 0.213. The molecule has 86 valence electrons. The topological polar surface area (TPSA) is 157 Å². The number of hydrogen-bond acceptors (Lipinski definition) is 6. The predicted molar refractivity (Wildman–Crippen MR) is 50.6 cm³/mol. The highest BCUT2D eigenvalue weighted by atomic mass is 16.6. The number of nitrogens with two attached hydrogens (primary N) is 2. The van der Waals surface area contributed by atoms with Gasteiger partial charge in [-0.1, -0.05) is 6.58 Å². The maximum atomic E-state index is 9.73. The van der Waals surface area contributed by atoms with E-state index in [9.17, 15) is 9.59 Å². The molecule has 0 radical (unpaired) electrons. The lowest BCUT2D eigenvalue weighted by molar-refractivity contribution is -0.131. The van der Waals surface area contributed by atoms with Gasteiger partial charge in [0.05, 0.1) is 0 Å². The summed E-state index contributed by atoms with van der Waals surface area (Å²) in [4.78, 5) is 27.3. The summed E-state index contributed by atoms with van der Waals surface area (Å²) in [6, 6.07) is 0. The van der Waals surface area contributed by atoms with Gasteiger partial charge in [-0.15, -0.1) is 0 Å². The maximum Gasteiger partial charge on any atom is 0.406 e. The van der Waals surface area contributed by atoms with Crippen molar-refractivity contribution in [3.05, 3.63) is 12.7 Å². The van der Waals surface area contributed by atoms with Crippen LogP contribution in [-0.2, 0) is 14.3 Å². The van der Waals surface area contributed by atoms with Crippen molar-refractivity contribution in [1.82, 2.24) is 0 Å². The smallest absolute Gasteiger partial charge is 0.406 e. The summed E-state index contributed by atoms with van der Waals surface area (Å²) in [6.45, 7) is 4.48. The number of hydrogen-bond donors (Lipinski definition) is 4. The second-order valence-corrected chi connectivity index (χ2v) is 1.79. The fourth-order valence-corrected chi connectivity index (χ4v) is 0.183. The number of carbonyl (C=O) groups excluding carboxylic acids is 2. The molecule has 0 aliphatic carbocycles. The molecular weight excluding hydrogens is 206 g/mol. The van der Waals surface area contributed by atoms with Crippen LogP contribution in [0.2, 0.25) is 0 Å². The van der Waals surface area contributed by atoms with E-state index in [-0.39, 0.29) is 0 Å². The molecule has 8 nitrogen and oxygen atoms in total. The normalized spacial score (nSPS) is 8.67. The van der Waals surface area contributed by atoms with Gasteiger partial charge in [-0.2, -0.15) is 0 Å². The second-order valence-electron chi connectivity index (χ2n) is 1.79. The van der Waals surface area contributed by atoms with Crippen LogP contribution in [0.15, 0.2) is 12.7 Å². The van der Waals surface area contributed by atoms with Gasteiger partial charge in [0.25, 0.3) is 0 Å². The fourth-order valence-electron chi connectivity index (χ4n) is 0.183. The molecule has 0 aliphatic rings. The zero-order valence-electron chi connectivity index (χ0n) is 8.10. The minimum atomic E-state index is -0.981. The number of nitrogens with one attached hydrogen (secondary N) is 1. The van der Waals surface area contributed by atoms with Gasteiger partial charge in [0.1, 0.15) is 6.23 Å². The number of carbonyl (C=O) groups is 2. The molecule has 0 spiro atoms. The van der Waals surface area contributed by atoms with Crippen LogP contribution in [0.1, 0.15) is 6.92 Å². The third-order valence-corrected chi connectivity index (χ3v) is 0.477. The lowest BCUT2D eigenvalue weighted by Crippen LogP contribution is -2.26. The molecule has 0 fully saturated rings. The minimum absolute atomic E-state index is 0.600. The molecule has 0 aliphatic heterocycles. The monoisotopic (exact) mass is 219 g/mol. The summed E-state index contributed by atoms with van der Waals surface area (Å²) in [7, 11) is 0. The van der Waals surface area contributed by atoms with E-state index < -0.39 is 18.3 Å². The van der Waals surface area contributed by atoms with Crippen LogP contribution in [0.4, 0.5) is 4.79 Å². The van der Waals surface area contributed by atoms with Crippen LogP contribution in [0.25, 0.3) is 0 Å². The largest absolute Gasteiger partial charge is 0.478 e. The molecule has 15 heavy (non-hydrogen) atoms. The first-order valence-corrected chi connectivity index (χ1v) is 3.42. The van der Waals surface area contributed by atoms with Gasteiger partial charge in [-0.25, -0.2) is 19.8 Å². The number of ether oxygens (including phenoxy) is 1. The summed E-state index contributed by atoms with van der Waals surface area (Å²) in [5, 5.41) is 13.0. The molecule has 1 amide bonds. The highest BCUT2D eigenvalue weighted by molar-refractivity contribution is 5.78. The second kappa shape index (κ2) is 14.3. The Morgan fingerprint density at radius 2 is 1.93 bits per heavy atom. The Balaban J connectivity index is -0.000000158. The summed E-state index contributed by atoms with van der Waals surface area (Å²) >= 11 is 0. The molecule has 0 saturated carbocycles.